The topological polar surface area (TPSA) is 90.1 Å². The lowest BCUT2D eigenvalue weighted by Crippen LogP contribution is -2.30. The molecule has 16 heavy (non-hydrogen) atoms. The molecule has 0 radical (unpaired) electrons. The predicted molar refractivity (Wildman–Crippen MR) is 60.0 cm³/mol. The Kier molecular flexibility index (Phi) is 3.99. The Balaban J connectivity index is 2.92. The van der Waals surface area contributed by atoms with Gasteiger partial charge in [0.05, 0.1) is 11.3 Å². The lowest BCUT2D eigenvalue weighted by atomic mass is 10.3. The first-order valence-electron chi connectivity index (χ1n) is 4.64. The fraction of sp³-hybridized carbons (Fsp3) is 0.500. The number of nitrogens with one attached hydrogen (secondary N) is 1. The van der Waals surface area contributed by atoms with Crippen molar-refractivity contribution in [3.05, 3.63) is 20.8 Å². The molecule has 0 fully saturated rings. The minimum absolute atomic E-state index is 0.229. The zero-order valence-electron chi connectivity index (χ0n) is 8.81. The monoisotopic (exact) mass is 290 g/mol. The summed E-state index contributed by atoms with van der Waals surface area (Å²) < 4.78 is 1.52. The highest BCUT2D eigenvalue weighted by atomic mass is 79.9. The van der Waals surface area contributed by atoms with Crippen LogP contribution in [0.3, 0.4) is 0 Å². The molecule has 88 valence electrons. The van der Waals surface area contributed by atoms with E-state index in [1.165, 1.54) is 10.9 Å². The summed E-state index contributed by atoms with van der Waals surface area (Å²) in [5.41, 5.74) is 0. The van der Waals surface area contributed by atoms with E-state index in [2.05, 4.69) is 26.3 Å². The molecule has 7 nitrogen and oxygen atoms in total. The predicted octanol–water partition coefficient (Wildman–Crippen LogP) is 1.25. The van der Waals surface area contributed by atoms with Crippen molar-refractivity contribution in [1.82, 2.24) is 15.1 Å². The van der Waals surface area contributed by atoms with Gasteiger partial charge in [-0.15, -0.1) is 0 Å². The number of amides is 1. The average Bonchev–Trinajstić information content (AvgIpc) is 2.59. The van der Waals surface area contributed by atoms with Gasteiger partial charge in [0.15, 0.2) is 0 Å². The van der Waals surface area contributed by atoms with E-state index in [9.17, 15) is 14.9 Å². The summed E-state index contributed by atoms with van der Waals surface area (Å²) in [5, 5.41) is 16.9. The number of carbonyl (C=O) groups is 1. The largest absolute Gasteiger partial charge is 0.404 e. The normalized spacial score (nSPS) is 12.2. The molecule has 0 aromatic carbocycles. The minimum atomic E-state index is -0.606. The number of hydrogen-bond acceptors (Lipinski definition) is 4. The molecule has 0 aliphatic carbocycles. The third kappa shape index (κ3) is 2.57. The lowest BCUT2D eigenvalue weighted by Gasteiger charge is -2.07. The molecule has 1 N–H and O–H groups in total. The highest BCUT2D eigenvalue weighted by molar-refractivity contribution is 9.10. The summed E-state index contributed by atoms with van der Waals surface area (Å²) in [4.78, 5) is 21.4. The average molecular weight is 291 g/mol. The number of likely N-dealkylation sites (N-methyl/N-ethyl adjacent to an activating group) is 1. The molecule has 1 aromatic heterocycles. The zero-order valence-corrected chi connectivity index (χ0v) is 10.4. The van der Waals surface area contributed by atoms with Gasteiger partial charge in [-0.2, -0.15) is 4.68 Å². The smallest absolute Gasteiger partial charge is 0.358 e. The Hall–Kier alpha value is -1.44. The molecule has 0 spiro atoms. The van der Waals surface area contributed by atoms with Crippen LogP contribution in [-0.4, -0.2) is 27.2 Å². The van der Waals surface area contributed by atoms with E-state index < -0.39 is 11.0 Å². The van der Waals surface area contributed by atoms with Gasteiger partial charge in [-0.25, -0.2) is 0 Å². The number of nitrogens with zero attached hydrogens (tertiary/aromatic N) is 3. The number of halogens is 1. The summed E-state index contributed by atoms with van der Waals surface area (Å²) in [6, 6.07) is -0.579. The van der Waals surface area contributed by atoms with Crippen LogP contribution in [0.5, 0.6) is 0 Å². The number of aromatic nitrogens is 2. The van der Waals surface area contributed by atoms with Crippen LogP contribution in [0.4, 0.5) is 5.82 Å². The molecular formula is C8H11BrN4O3. The Bertz CT molecular complexity index is 417. The Morgan fingerprint density at radius 3 is 2.88 bits per heavy atom. The van der Waals surface area contributed by atoms with Crippen LogP contribution in [-0.2, 0) is 4.79 Å². The highest BCUT2D eigenvalue weighted by Gasteiger charge is 2.24. The van der Waals surface area contributed by atoms with E-state index in [0.29, 0.717) is 6.54 Å². The third-order valence-corrected chi connectivity index (χ3v) is 2.53. The van der Waals surface area contributed by atoms with Crippen LogP contribution < -0.4 is 5.32 Å². The SMILES string of the molecule is CCNC(=O)C(C)n1cc(Br)c([N+](=O)[O-])n1. The molecule has 1 atom stereocenters. The van der Waals surface area contributed by atoms with Crippen molar-refractivity contribution < 1.29 is 9.72 Å². The van der Waals surface area contributed by atoms with Crippen molar-refractivity contribution in [2.45, 2.75) is 19.9 Å². The molecule has 1 rings (SSSR count). The van der Waals surface area contributed by atoms with Crippen molar-refractivity contribution >= 4 is 27.7 Å². The van der Waals surface area contributed by atoms with Gasteiger partial charge in [0.25, 0.3) is 0 Å². The molecule has 0 saturated carbocycles. The Morgan fingerprint density at radius 1 is 1.81 bits per heavy atom. The van der Waals surface area contributed by atoms with E-state index in [4.69, 9.17) is 0 Å². The van der Waals surface area contributed by atoms with Crippen LogP contribution >= 0.6 is 15.9 Å². The number of rotatable bonds is 4. The second-order valence-corrected chi connectivity index (χ2v) is 3.96. The summed E-state index contributed by atoms with van der Waals surface area (Å²) in [6.45, 7) is 3.92. The number of carbonyl (C=O) groups excluding carboxylic acids is 1. The van der Waals surface area contributed by atoms with Gasteiger partial charge in [-0.3, -0.25) is 4.79 Å². The minimum Gasteiger partial charge on any atom is -0.358 e. The Morgan fingerprint density at radius 2 is 2.44 bits per heavy atom. The van der Waals surface area contributed by atoms with Crippen molar-refractivity contribution in [2.75, 3.05) is 6.54 Å². The lowest BCUT2D eigenvalue weighted by molar-refractivity contribution is -0.390. The van der Waals surface area contributed by atoms with Gasteiger partial charge in [-0.1, -0.05) is 0 Å². The second kappa shape index (κ2) is 5.06. The highest BCUT2D eigenvalue weighted by Crippen LogP contribution is 2.23. The number of nitro groups is 1. The van der Waals surface area contributed by atoms with E-state index >= 15 is 0 Å². The van der Waals surface area contributed by atoms with Crippen LogP contribution in [0.25, 0.3) is 0 Å². The third-order valence-electron chi connectivity index (χ3n) is 1.97. The van der Waals surface area contributed by atoms with E-state index in [0.717, 1.165) is 0 Å². The van der Waals surface area contributed by atoms with Crippen molar-refractivity contribution in [3.8, 4) is 0 Å². The maximum absolute atomic E-state index is 11.5. The molecule has 1 aromatic rings. The maximum atomic E-state index is 11.5. The van der Waals surface area contributed by atoms with E-state index in [-0.39, 0.29) is 16.2 Å². The van der Waals surface area contributed by atoms with Gasteiger partial charge in [0, 0.05) is 6.54 Å². The molecule has 1 unspecified atom stereocenters. The van der Waals surface area contributed by atoms with Gasteiger partial charge in [0.1, 0.15) is 10.5 Å². The molecule has 0 bridgehead atoms. The van der Waals surface area contributed by atoms with Crippen molar-refractivity contribution in [2.24, 2.45) is 0 Å². The van der Waals surface area contributed by atoms with Crippen LogP contribution in [0.1, 0.15) is 19.9 Å². The first-order valence-corrected chi connectivity index (χ1v) is 5.43. The van der Waals surface area contributed by atoms with Crippen LogP contribution in [0.15, 0.2) is 10.7 Å². The summed E-state index contributed by atoms with van der Waals surface area (Å²) >= 11 is 3.02. The summed E-state index contributed by atoms with van der Waals surface area (Å²) in [6.07, 6.45) is 1.41. The van der Waals surface area contributed by atoms with Crippen molar-refractivity contribution in [3.63, 3.8) is 0 Å². The van der Waals surface area contributed by atoms with Gasteiger partial charge < -0.3 is 15.4 Å². The number of hydrogen-bond donors (Lipinski definition) is 1. The first-order chi connectivity index (χ1) is 7.47. The fourth-order valence-electron chi connectivity index (χ4n) is 1.12. The standard InChI is InChI=1S/C8H11BrN4O3/c1-3-10-8(14)5(2)12-4-6(9)7(11-12)13(15)16/h4-5H,3H2,1-2H3,(H,10,14). The van der Waals surface area contributed by atoms with Crippen molar-refractivity contribution in [1.29, 1.82) is 0 Å². The zero-order chi connectivity index (χ0) is 12.3. The van der Waals surface area contributed by atoms with E-state index in [1.54, 1.807) is 13.8 Å². The molecule has 0 saturated heterocycles. The van der Waals surface area contributed by atoms with E-state index in [1.807, 2.05) is 0 Å². The van der Waals surface area contributed by atoms with Gasteiger partial charge in [-0.05, 0) is 34.7 Å². The molecule has 1 heterocycles. The maximum Gasteiger partial charge on any atom is 0.404 e. The van der Waals surface area contributed by atoms with Gasteiger partial charge in [0.2, 0.25) is 5.91 Å². The second-order valence-electron chi connectivity index (χ2n) is 3.11. The molecule has 0 aliphatic heterocycles. The molecule has 0 aliphatic rings. The van der Waals surface area contributed by atoms with Crippen LogP contribution in [0, 0.1) is 10.1 Å². The Labute approximate surface area is 100 Å². The van der Waals surface area contributed by atoms with Gasteiger partial charge >= 0.3 is 5.82 Å². The molecular weight excluding hydrogens is 280 g/mol. The van der Waals surface area contributed by atoms with Crippen LogP contribution in [0.2, 0.25) is 0 Å². The quantitative estimate of drug-likeness (QED) is 0.667. The fourth-order valence-corrected chi connectivity index (χ4v) is 1.56. The molecule has 8 heteroatoms. The summed E-state index contributed by atoms with van der Waals surface area (Å²) in [7, 11) is 0. The first kappa shape index (κ1) is 12.6. The summed E-state index contributed by atoms with van der Waals surface area (Å²) in [5.74, 6) is -0.524. The molecule has 1 amide bonds.